The predicted molar refractivity (Wildman–Crippen MR) is 155 cm³/mol. The Hall–Kier alpha value is -3.99. The summed E-state index contributed by atoms with van der Waals surface area (Å²) in [5.74, 6) is 1.38. The van der Waals surface area contributed by atoms with Gasteiger partial charge in [0.25, 0.3) is 0 Å². The van der Waals surface area contributed by atoms with Gasteiger partial charge in [0, 0.05) is 19.1 Å². The lowest BCUT2D eigenvalue weighted by atomic mass is 10.1. The smallest absolute Gasteiger partial charge is 0.230 e. The highest BCUT2D eigenvalue weighted by Gasteiger charge is 2.11. The highest BCUT2D eigenvalue weighted by Crippen LogP contribution is 2.20. The molecule has 0 aliphatic carbocycles. The van der Waals surface area contributed by atoms with E-state index in [1.54, 1.807) is 48.2 Å². The van der Waals surface area contributed by atoms with E-state index in [4.69, 9.17) is 10.7 Å². The minimum atomic E-state index is -0.179. The van der Waals surface area contributed by atoms with Gasteiger partial charge in [-0.15, -0.1) is 20.4 Å². The van der Waals surface area contributed by atoms with Crippen molar-refractivity contribution in [1.29, 1.82) is 10.7 Å². The summed E-state index contributed by atoms with van der Waals surface area (Å²) >= 11 is 4.50. The molecule has 4 rings (SSSR count). The lowest BCUT2D eigenvalue weighted by Gasteiger charge is -2.02. The first kappa shape index (κ1) is 28.0. The Kier molecular flexibility index (Phi) is 10.2. The standard InChI is InChI=1S/C26H24N8O2S3/c27-15-19-5-1-17(2-6-19)13-21(35)29-25-33-31-23(38-25)9-11-37-12-10-24-32-34-26(39-24)30-22(36)14-18-3-7-20(16-28)8-4-18/h1-8,15,27H,9-14H2,(H,29,33,35)(H,30,34,36). The minimum Gasteiger partial charge on any atom is -0.308 e. The molecule has 39 heavy (non-hydrogen) atoms. The van der Waals surface area contributed by atoms with Gasteiger partial charge in [-0.2, -0.15) is 17.0 Å². The van der Waals surface area contributed by atoms with Crippen molar-refractivity contribution in [2.45, 2.75) is 25.7 Å². The maximum Gasteiger partial charge on any atom is 0.230 e. The average molecular weight is 577 g/mol. The monoisotopic (exact) mass is 576 g/mol. The Morgan fingerprint density at radius 3 is 1.77 bits per heavy atom. The number of nitrogens with zero attached hydrogens (tertiary/aromatic N) is 5. The zero-order valence-electron chi connectivity index (χ0n) is 20.7. The summed E-state index contributed by atoms with van der Waals surface area (Å²) in [7, 11) is 0. The maximum atomic E-state index is 12.3. The van der Waals surface area contributed by atoms with Crippen LogP contribution < -0.4 is 10.6 Å². The summed E-state index contributed by atoms with van der Waals surface area (Å²) in [6.07, 6.45) is 3.19. The molecular formula is C26H24N8O2S3. The highest BCUT2D eigenvalue weighted by atomic mass is 32.2. The van der Waals surface area contributed by atoms with Gasteiger partial charge in [0.15, 0.2) is 0 Å². The number of hydrogen-bond donors (Lipinski definition) is 3. The summed E-state index contributed by atoms with van der Waals surface area (Å²) in [5.41, 5.74) is 3.04. The number of nitriles is 1. The summed E-state index contributed by atoms with van der Waals surface area (Å²) < 4.78 is 0. The van der Waals surface area contributed by atoms with Gasteiger partial charge in [0.05, 0.1) is 24.5 Å². The predicted octanol–water partition coefficient (Wildman–Crippen LogP) is 4.14. The van der Waals surface area contributed by atoms with Crippen molar-refractivity contribution >= 4 is 62.7 Å². The first-order valence-corrected chi connectivity index (χ1v) is 14.7. The van der Waals surface area contributed by atoms with E-state index in [1.807, 2.05) is 12.1 Å². The third-order valence-electron chi connectivity index (χ3n) is 5.31. The van der Waals surface area contributed by atoms with E-state index < -0.39 is 0 Å². The molecule has 10 nitrogen and oxygen atoms in total. The molecule has 0 saturated carbocycles. The average Bonchev–Trinajstić information content (AvgIpc) is 3.58. The van der Waals surface area contributed by atoms with Crippen LogP contribution in [0.5, 0.6) is 0 Å². The summed E-state index contributed by atoms with van der Waals surface area (Å²) in [4.78, 5) is 24.5. The number of hydrogen-bond acceptors (Lipinski definition) is 11. The topological polar surface area (TPSA) is 157 Å². The number of anilines is 2. The van der Waals surface area contributed by atoms with Gasteiger partial charge in [-0.25, -0.2) is 0 Å². The van der Waals surface area contributed by atoms with Gasteiger partial charge in [-0.3, -0.25) is 9.59 Å². The number of nitrogens with one attached hydrogen (secondary N) is 3. The van der Waals surface area contributed by atoms with Crippen molar-refractivity contribution in [1.82, 2.24) is 20.4 Å². The van der Waals surface area contributed by atoms with Gasteiger partial charge in [-0.05, 0) is 40.3 Å². The van der Waals surface area contributed by atoms with Crippen LogP contribution in [0.25, 0.3) is 0 Å². The van der Waals surface area contributed by atoms with Crippen LogP contribution in [0.3, 0.4) is 0 Å². The molecule has 0 radical (unpaired) electrons. The molecule has 0 bridgehead atoms. The van der Waals surface area contributed by atoms with Crippen LogP contribution in [0.2, 0.25) is 0 Å². The third-order valence-corrected chi connectivity index (χ3v) is 8.09. The van der Waals surface area contributed by atoms with Gasteiger partial charge in [0.1, 0.15) is 10.0 Å². The SMILES string of the molecule is N#Cc1ccc(CC(=O)Nc2nnc(CCSCCc3nnc(NC(=O)Cc4ccc(C=N)cc4)s3)s2)cc1. The molecular weight excluding hydrogens is 553 g/mol. The molecule has 0 saturated heterocycles. The number of amides is 2. The second kappa shape index (κ2) is 14.2. The molecule has 4 aromatic rings. The van der Waals surface area contributed by atoms with Gasteiger partial charge >= 0.3 is 0 Å². The van der Waals surface area contributed by atoms with Crippen molar-refractivity contribution in [3.05, 3.63) is 80.8 Å². The van der Waals surface area contributed by atoms with E-state index in [9.17, 15) is 9.59 Å². The van der Waals surface area contributed by atoms with E-state index >= 15 is 0 Å². The zero-order chi connectivity index (χ0) is 27.5. The van der Waals surface area contributed by atoms with Crippen molar-refractivity contribution in [2.75, 3.05) is 22.1 Å². The lowest BCUT2D eigenvalue weighted by molar-refractivity contribution is -0.116. The Morgan fingerprint density at radius 2 is 1.31 bits per heavy atom. The summed E-state index contributed by atoms with van der Waals surface area (Å²) in [5, 5.41) is 40.8. The Morgan fingerprint density at radius 1 is 0.821 bits per heavy atom. The lowest BCUT2D eigenvalue weighted by Crippen LogP contribution is -2.14. The van der Waals surface area contributed by atoms with Gasteiger partial charge in [-0.1, -0.05) is 59.1 Å². The molecule has 2 amide bonds. The summed E-state index contributed by atoms with van der Waals surface area (Å²) in [6.45, 7) is 0. The molecule has 0 unspecified atom stereocenters. The molecule has 2 aromatic carbocycles. The molecule has 0 fully saturated rings. The Labute approximate surface area is 237 Å². The van der Waals surface area contributed by atoms with Crippen molar-refractivity contribution in [3.8, 4) is 6.07 Å². The van der Waals surface area contributed by atoms with Gasteiger partial charge < -0.3 is 16.0 Å². The Bertz CT molecular complexity index is 1460. The number of rotatable bonds is 13. The largest absolute Gasteiger partial charge is 0.308 e. The zero-order valence-corrected chi connectivity index (χ0v) is 23.2. The first-order chi connectivity index (χ1) is 19.0. The second-order valence-electron chi connectivity index (χ2n) is 8.26. The van der Waals surface area contributed by atoms with E-state index in [2.05, 4.69) is 37.1 Å². The van der Waals surface area contributed by atoms with Crippen LogP contribution in [0.15, 0.2) is 48.5 Å². The normalized spacial score (nSPS) is 10.5. The van der Waals surface area contributed by atoms with Crippen LogP contribution in [0.4, 0.5) is 10.3 Å². The molecule has 13 heteroatoms. The number of aromatic nitrogens is 4. The molecule has 3 N–H and O–H groups in total. The fraction of sp³-hybridized carbons (Fsp3) is 0.231. The second-order valence-corrected chi connectivity index (χ2v) is 11.6. The molecule has 0 aliphatic rings. The van der Waals surface area contributed by atoms with Crippen LogP contribution in [-0.4, -0.2) is 49.9 Å². The molecule has 0 aliphatic heterocycles. The van der Waals surface area contributed by atoms with Crippen LogP contribution in [0.1, 0.15) is 32.3 Å². The number of carbonyl (C=O) groups excluding carboxylic acids is 2. The van der Waals surface area contributed by atoms with Crippen LogP contribution >= 0.6 is 34.4 Å². The number of aryl methyl sites for hydroxylation is 2. The number of benzene rings is 2. The quantitative estimate of drug-likeness (QED) is 0.158. The first-order valence-electron chi connectivity index (χ1n) is 11.9. The molecule has 0 spiro atoms. The van der Waals surface area contributed by atoms with Crippen molar-refractivity contribution < 1.29 is 9.59 Å². The fourth-order valence-corrected chi connectivity index (χ4v) is 6.01. The number of thioether (sulfide) groups is 1. The molecule has 198 valence electrons. The number of carbonyl (C=O) groups is 2. The van der Waals surface area contributed by atoms with Crippen molar-refractivity contribution in [3.63, 3.8) is 0 Å². The summed E-state index contributed by atoms with van der Waals surface area (Å²) in [6, 6.07) is 16.2. The van der Waals surface area contributed by atoms with Crippen LogP contribution in [-0.2, 0) is 35.3 Å². The van der Waals surface area contributed by atoms with Gasteiger partial charge in [0.2, 0.25) is 22.1 Å². The van der Waals surface area contributed by atoms with E-state index in [0.29, 0.717) is 15.8 Å². The Balaban J connectivity index is 1.11. The molecule has 0 atom stereocenters. The van der Waals surface area contributed by atoms with E-state index in [-0.39, 0.29) is 24.7 Å². The highest BCUT2D eigenvalue weighted by molar-refractivity contribution is 7.99. The fourth-order valence-electron chi connectivity index (χ4n) is 3.36. The minimum absolute atomic E-state index is 0.156. The maximum absolute atomic E-state index is 12.3. The molecule has 2 heterocycles. The van der Waals surface area contributed by atoms with E-state index in [1.165, 1.54) is 28.9 Å². The van der Waals surface area contributed by atoms with Crippen LogP contribution in [0, 0.1) is 16.7 Å². The van der Waals surface area contributed by atoms with E-state index in [0.717, 1.165) is 51.1 Å². The third kappa shape index (κ3) is 9.06. The molecule has 2 aromatic heterocycles. The van der Waals surface area contributed by atoms with Crippen molar-refractivity contribution in [2.24, 2.45) is 0 Å².